The van der Waals surface area contributed by atoms with Crippen LogP contribution in [0.25, 0.3) is 0 Å². The molecular weight excluding hydrogens is 519 g/mol. The maximum absolute atomic E-state index is 15.2. The van der Waals surface area contributed by atoms with Crippen molar-refractivity contribution in [3.05, 3.63) is 69.7 Å². The monoisotopic (exact) mass is 545 g/mol. The Bertz CT molecular complexity index is 1400. The lowest BCUT2D eigenvalue weighted by Gasteiger charge is -2.50. The molecule has 0 spiro atoms. The number of halogens is 3. The highest BCUT2D eigenvalue weighted by atomic mass is 35.5. The van der Waals surface area contributed by atoms with Crippen LogP contribution in [-0.2, 0) is 32.2 Å². The van der Waals surface area contributed by atoms with Crippen LogP contribution in [0, 0.1) is 0 Å². The molecule has 2 heterocycles. The average Bonchev–Trinajstić information content (AvgIpc) is 3.25. The lowest BCUT2D eigenvalue weighted by Crippen LogP contribution is -2.68. The second kappa shape index (κ2) is 9.64. The smallest absolute Gasteiger partial charge is 0.348 e. The molecule has 0 bridgehead atoms. The Kier molecular flexibility index (Phi) is 7.20. The van der Waals surface area contributed by atoms with Gasteiger partial charge in [0.25, 0.3) is 11.8 Å². The number of alkyl halides is 2. The second-order valence-corrected chi connectivity index (χ2v) is 11.6. The third-order valence-electron chi connectivity index (χ3n) is 8.89. The van der Waals surface area contributed by atoms with Crippen molar-refractivity contribution in [1.82, 2.24) is 14.5 Å². The zero-order valence-electron chi connectivity index (χ0n) is 23.0. The molecule has 0 saturated carbocycles. The van der Waals surface area contributed by atoms with E-state index in [9.17, 15) is 19.2 Å². The van der Waals surface area contributed by atoms with E-state index in [2.05, 4.69) is 0 Å². The third kappa shape index (κ3) is 4.35. The van der Waals surface area contributed by atoms with Crippen LogP contribution in [0.3, 0.4) is 0 Å². The Morgan fingerprint density at radius 1 is 1.05 bits per heavy atom. The van der Waals surface area contributed by atoms with Crippen molar-refractivity contribution in [2.75, 3.05) is 0 Å². The first-order valence-electron chi connectivity index (χ1n) is 12.7. The van der Waals surface area contributed by atoms with Gasteiger partial charge in [-0.25, -0.2) is 0 Å². The minimum atomic E-state index is -3.79. The SMILES string of the molecule is BC1C(=O)N(B)C(=O)[C@@](B)(N2Cc3cc(C(B)(B)N(B)C(=O)C(F)(F)c4ccc(Cl)cc4)ccc3C2=O)C1B. The lowest BCUT2D eigenvalue weighted by molar-refractivity contribution is -0.155. The summed E-state index contributed by atoms with van der Waals surface area (Å²) in [6.45, 7) is 0.109. The Labute approximate surface area is 237 Å². The number of imide groups is 1. The van der Waals surface area contributed by atoms with Gasteiger partial charge in [-0.15, -0.1) is 0 Å². The number of piperidine rings is 1. The van der Waals surface area contributed by atoms with E-state index in [4.69, 9.17) is 11.6 Å². The molecule has 7 nitrogen and oxygen atoms in total. The van der Waals surface area contributed by atoms with Crippen molar-refractivity contribution in [3.8, 4) is 0 Å². The normalized spacial score (nSPS) is 23.6. The first-order valence-corrected chi connectivity index (χ1v) is 13.0. The zero-order valence-corrected chi connectivity index (χ0v) is 23.8. The van der Waals surface area contributed by atoms with Gasteiger partial charge in [-0.05, 0) is 40.5 Å². The highest BCUT2D eigenvalue weighted by molar-refractivity contribution is 6.48. The van der Waals surface area contributed by atoms with Gasteiger partial charge in [0, 0.05) is 28.5 Å². The summed E-state index contributed by atoms with van der Waals surface area (Å²) < 4.78 is 30.3. The van der Waals surface area contributed by atoms with Crippen LogP contribution in [0.15, 0.2) is 42.5 Å². The average molecular weight is 545 g/mol. The van der Waals surface area contributed by atoms with Crippen molar-refractivity contribution in [3.63, 3.8) is 0 Å². The van der Waals surface area contributed by atoms with Gasteiger partial charge in [0.2, 0.25) is 27.8 Å². The quantitative estimate of drug-likeness (QED) is 0.284. The molecule has 2 aliphatic heterocycles. The van der Waals surface area contributed by atoms with E-state index in [1.165, 1.54) is 33.0 Å². The number of nitrogens with zero attached hydrogens (tertiary/aromatic N) is 3. The molecule has 1 fully saturated rings. The maximum atomic E-state index is 15.2. The molecule has 1 saturated heterocycles. The molecule has 2 aliphatic rings. The van der Waals surface area contributed by atoms with Gasteiger partial charge in [0.1, 0.15) is 39.2 Å². The fourth-order valence-electron chi connectivity index (χ4n) is 5.52. The van der Waals surface area contributed by atoms with Crippen LogP contribution < -0.4 is 0 Å². The van der Waals surface area contributed by atoms with Crippen molar-refractivity contribution >= 4 is 90.4 Å². The molecule has 2 aromatic rings. The molecule has 4 amide bonds. The van der Waals surface area contributed by atoms with Gasteiger partial charge in [-0.2, -0.15) is 8.78 Å². The van der Waals surface area contributed by atoms with Gasteiger partial charge >= 0.3 is 5.92 Å². The predicted molar refractivity (Wildman–Crippen MR) is 162 cm³/mol. The number of hydrogen-bond donors (Lipinski definition) is 0. The fraction of sp³-hybridized carbons (Fsp3) is 0.273. The second-order valence-electron chi connectivity index (χ2n) is 11.2. The van der Waals surface area contributed by atoms with E-state index >= 15 is 8.78 Å². The topological polar surface area (TPSA) is 78.0 Å². The van der Waals surface area contributed by atoms with Crippen molar-refractivity contribution < 1.29 is 28.0 Å². The largest absolute Gasteiger partial charge is 0.393 e. The number of hydrogen-bond acceptors (Lipinski definition) is 4. The molecule has 4 rings (SSSR count). The summed E-state index contributed by atoms with van der Waals surface area (Å²) in [7, 11) is 11.2. The van der Waals surface area contributed by atoms with Crippen LogP contribution in [0.1, 0.15) is 27.0 Å². The molecule has 2 unspecified atom stereocenters. The van der Waals surface area contributed by atoms with Gasteiger partial charge in [0.05, 0.1) is 5.44 Å². The standard InChI is InChI=1S/C22H25B7ClF2N3O4/c23-14-15(24)20(25,18(38)34(28)17(14)37)33-8-9-7-11(3-6-13(9)16(33)36)22(26,27)35(29)19(39)21(31,32)10-1-4-12(30)5-2-10/h1-7,14-15H,8,23-29H2/t14?,15?,20-/m0/s1. The summed E-state index contributed by atoms with van der Waals surface area (Å²) in [5.41, 5.74) is -0.159. The molecule has 39 heavy (non-hydrogen) atoms. The third-order valence-corrected chi connectivity index (χ3v) is 9.14. The van der Waals surface area contributed by atoms with Crippen LogP contribution in [0.4, 0.5) is 8.78 Å². The number of benzene rings is 2. The number of fused-ring (bicyclic) bond motifs is 1. The van der Waals surface area contributed by atoms with Gasteiger partial charge in [-0.1, -0.05) is 35.9 Å². The van der Waals surface area contributed by atoms with Crippen LogP contribution in [0.5, 0.6) is 0 Å². The summed E-state index contributed by atoms with van der Waals surface area (Å²) in [5.74, 6) is -7.15. The summed E-state index contributed by atoms with van der Waals surface area (Å²) in [6, 6.07) is 9.81. The molecule has 0 aliphatic carbocycles. The van der Waals surface area contributed by atoms with Crippen LogP contribution in [-0.4, -0.2) is 98.8 Å². The van der Waals surface area contributed by atoms with Crippen LogP contribution in [0.2, 0.25) is 16.7 Å². The molecule has 0 aromatic heterocycles. The highest BCUT2D eigenvalue weighted by Crippen LogP contribution is 2.44. The minimum absolute atomic E-state index is 0.109. The van der Waals surface area contributed by atoms with Gasteiger partial charge in [0.15, 0.2) is 0 Å². The van der Waals surface area contributed by atoms with E-state index in [1.54, 1.807) is 57.4 Å². The van der Waals surface area contributed by atoms with E-state index in [1.807, 2.05) is 0 Å². The number of carbonyl (C=O) groups excluding carboxylic acids is 4. The molecular formula is C22H25B7ClF2N3O4. The van der Waals surface area contributed by atoms with E-state index < -0.39 is 45.7 Å². The molecule has 3 atom stereocenters. The summed E-state index contributed by atoms with van der Waals surface area (Å²) >= 11 is 5.81. The number of amides is 4. The summed E-state index contributed by atoms with van der Waals surface area (Å²) in [5, 5.41) is -0.888. The first kappa shape index (κ1) is 29.1. The first-order chi connectivity index (χ1) is 18.0. The maximum Gasteiger partial charge on any atom is 0.348 e. The molecule has 2 aromatic carbocycles. The molecule has 0 N–H and O–H groups in total. The van der Waals surface area contributed by atoms with E-state index in [-0.39, 0.29) is 23.4 Å². The van der Waals surface area contributed by atoms with Crippen molar-refractivity contribution in [2.45, 2.75) is 34.9 Å². The Morgan fingerprint density at radius 2 is 1.62 bits per heavy atom. The Balaban J connectivity index is 1.64. The molecule has 0 radical (unpaired) electrons. The van der Waals surface area contributed by atoms with Crippen LogP contribution >= 0.6 is 11.6 Å². The molecule has 194 valence electrons. The Morgan fingerprint density at radius 3 is 2.21 bits per heavy atom. The molecule has 17 heteroatoms. The number of carbonyl (C=O) groups is 4. The Hall–Kier alpha value is -2.88. The van der Waals surface area contributed by atoms with Gasteiger partial charge < -0.3 is 14.5 Å². The van der Waals surface area contributed by atoms with Crippen molar-refractivity contribution in [1.29, 1.82) is 0 Å². The summed E-state index contributed by atoms with van der Waals surface area (Å²) in [4.78, 5) is 55.9. The van der Waals surface area contributed by atoms with Crippen molar-refractivity contribution in [2.24, 2.45) is 0 Å². The van der Waals surface area contributed by atoms with Gasteiger partial charge in [-0.3, -0.25) is 19.2 Å². The lowest BCUT2D eigenvalue weighted by atomic mass is 9.48. The van der Waals surface area contributed by atoms with E-state index in [0.717, 1.165) is 21.8 Å². The zero-order chi connectivity index (χ0) is 29.2. The predicted octanol–water partition coefficient (Wildman–Crippen LogP) is -4.07. The summed E-state index contributed by atoms with van der Waals surface area (Å²) in [6.07, 6.45) is 0. The highest BCUT2D eigenvalue weighted by Gasteiger charge is 2.56. The minimum Gasteiger partial charge on any atom is -0.393 e. The number of rotatable bonds is 5. The fourth-order valence-corrected chi connectivity index (χ4v) is 5.65. The van der Waals surface area contributed by atoms with E-state index in [0.29, 0.717) is 16.7 Å².